The van der Waals surface area contributed by atoms with Gasteiger partial charge in [-0.3, -0.25) is 33.8 Å². The maximum absolute atomic E-state index is 13.6. The number of rotatable bonds is 13. The molecule has 3 aromatic heterocycles. The Balaban J connectivity index is 0.739. The number of carbonyl (C=O) groups excluding carboxylic acids is 7. The van der Waals surface area contributed by atoms with Crippen molar-refractivity contribution in [2.24, 2.45) is 10.3 Å². The van der Waals surface area contributed by atoms with Crippen molar-refractivity contribution in [1.82, 2.24) is 48.9 Å². The van der Waals surface area contributed by atoms with Gasteiger partial charge in [0.25, 0.3) is 23.6 Å². The van der Waals surface area contributed by atoms with E-state index in [0.717, 1.165) is 33.1 Å². The van der Waals surface area contributed by atoms with Crippen molar-refractivity contribution in [1.29, 1.82) is 0 Å². The quantitative estimate of drug-likeness (QED) is 0.0246. The van der Waals surface area contributed by atoms with E-state index in [-0.39, 0.29) is 87.6 Å². The number of ether oxygens (including phenoxy) is 2. The number of thioether (sulfide) groups is 2. The molecule has 6 atom stereocenters. The Labute approximate surface area is 417 Å². The number of fused-ring (bicyclic) bond motifs is 3. The summed E-state index contributed by atoms with van der Waals surface area (Å²) in [5.74, 6) is -7.28. The molecule has 72 heavy (non-hydrogen) atoms. The van der Waals surface area contributed by atoms with Gasteiger partial charge in [-0.05, 0) is 31.4 Å². The fraction of sp³-hybridized carbons (Fsp3) is 0.395. The molecular formula is C38H34N14O16S4. The van der Waals surface area contributed by atoms with Crippen molar-refractivity contribution < 1.29 is 72.2 Å². The molecule has 8 N–H and O–H groups in total. The number of nitrogen functional groups attached to an aromatic ring is 1. The number of hydrogen-bond acceptors (Lipinski definition) is 27. The number of nitrogens with zero attached hydrogens (tertiary/aromatic N) is 10. The number of aliphatic carboxylic acids is 1. The average molecular weight is 1070 g/mol. The molecule has 3 aromatic rings. The van der Waals surface area contributed by atoms with E-state index in [4.69, 9.17) is 24.0 Å². The molecule has 7 aliphatic heterocycles. The van der Waals surface area contributed by atoms with Gasteiger partial charge in [-0.2, -0.15) is 18.7 Å². The highest BCUT2D eigenvalue weighted by atomic mass is 32.2. The van der Waals surface area contributed by atoms with E-state index >= 15 is 0 Å². The third-order valence-electron chi connectivity index (χ3n) is 12.2. The van der Waals surface area contributed by atoms with Crippen LogP contribution in [0.15, 0.2) is 58.1 Å². The smallest absolute Gasteiger partial charge is 0.477 e. The van der Waals surface area contributed by atoms with E-state index in [1.807, 2.05) is 0 Å². The first kappa shape index (κ1) is 47.8. The lowest BCUT2D eigenvalue weighted by Gasteiger charge is -2.49. The molecule has 10 rings (SSSR count). The fourth-order valence-corrected chi connectivity index (χ4v) is 12.5. The second kappa shape index (κ2) is 18.7. The summed E-state index contributed by atoms with van der Waals surface area (Å²) < 4.78 is 28.3. The van der Waals surface area contributed by atoms with Gasteiger partial charge in [0.1, 0.15) is 34.2 Å². The number of aromatic nitrogens is 4. The number of likely N-dealkylation sites (tertiary alicyclic amines) is 2. The molecule has 0 aliphatic carbocycles. The summed E-state index contributed by atoms with van der Waals surface area (Å²) in [7, 11) is 0. The van der Waals surface area contributed by atoms with E-state index in [2.05, 4.69) is 45.0 Å². The van der Waals surface area contributed by atoms with Crippen molar-refractivity contribution in [2.45, 2.75) is 61.5 Å². The standard InChI is InChI=1S/C38H34N14O16S4/c1-11-16(67-38(62)66-11)8-65-37(61)49-4-3-14(7-49)50-5-2-12(28(50)55)6-13-9-69-31-19(29(56)51(31)21(13)33(58)59)40-26(54)18(46-64)24-43-36(72-48-24)44-27-15-10-70-32-20(30(57)52(32)22(15)34(60)68-27)41-25(53)17(45-63)23-42-35(39)71-47-23/h6,14,19-20,27,31-32,63-64H,2-5,7-10H2,1H3,(H,40,54)(H,41,53)(H,58,59)(H2,39,42,47)(H,43,44,48)/b12-6?,45-17-,46-18-/t14-,19+,20+,27?,31+,32+/m0/s1. The summed E-state index contributed by atoms with van der Waals surface area (Å²) >= 11 is 3.78. The largest absolute Gasteiger partial charge is 0.519 e. The molecule has 4 saturated heterocycles. The van der Waals surface area contributed by atoms with Gasteiger partial charge in [-0.25, -0.2) is 19.2 Å². The predicted molar refractivity (Wildman–Crippen MR) is 243 cm³/mol. The number of cyclic esters (lactones) is 1. The Hall–Kier alpha value is -7.85. The van der Waals surface area contributed by atoms with E-state index in [1.165, 1.54) is 29.7 Å². The number of nitrogens with two attached hydrogens (primary N) is 1. The average Bonchev–Trinajstić information content (AvgIpc) is 4.24. The molecule has 1 unspecified atom stereocenters. The zero-order valence-electron chi connectivity index (χ0n) is 36.5. The Morgan fingerprint density at radius 2 is 1.57 bits per heavy atom. The highest BCUT2D eigenvalue weighted by molar-refractivity contribution is 8.00. The van der Waals surface area contributed by atoms with Crippen LogP contribution in [0.4, 0.5) is 15.1 Å². The van der Waals surface area contributed by atoms with Crippen molar-refractivity contribution in [3.8, 4) is 0 Å². The van der Waals surface area contributed by atoms with Crippen LogP contribution in [0.2, 0.25) is 0 Å². The number of anilines is 2. The van der Waals surface area contributed by atoms with Crippen LogP contribution in [0.3, 0.4) is 0 Å². The van der Waals surface area contributed by atoms with Crippen LogP contribution in [-0.2, 0) is 49.6 Å². The summed E-state index contributed by atoms with van der Waals surface area (Å²) in [6, 6.07) is -2.74. The number of oxime groups is 2. The first-order valence-electron chi connectivity index (χ1n) is 21.1. The number of β-lactam (4-membered cyclic amide) rings is 2. The lowest BCUT2D eigenvalue weighted by molar-refractivity contribution is -0.151. The molecule has 0 radical (unpaired) electrons. The molecule has 10 heterocycles. The van der Waals surface area contributed by atoms with Crippen LogP contribution in [0.1, 0.15) is 36.0 Å². The maximum Gasteiger partial charge on any atom is 0.519 e. The number of amides is 6. The third kappa shape index (κ3) is 8.32. The van der Waals surface area contributed by atoms with Gasteiger partial charge < -0.3 is 65.3 Å². The number of allylic oxidation sites excluding steroid dienone is 1. The van der Waals surface area contributed by atoms with E-state index in [9.17, 15) is 58.7 Å². The number of aryl methyl sites for hydroxylation is 1. The zero-order chi connectivity index (χ0) is 50.9. The second-order valence-electron chi connectivity index (χ2n) is 16.3. The van der Waals surface area contributed by atoms with Crippen LogP contribution >= 0.6 is 46.6 Å². The van der Waals surface area contributed by atoms with Crippen LogP contribution < -0.4 is 27.5 Å². The highest BCUT2D eigenvalue weighted by Gasteiger charge is 2.58. The molecule has 30 nitrogen and oxygen atoms in total. The fourth-order valence-electron chi connectivity index (χ4n) is 8.78. The number of hydrogen-bond donors (Lipinski definition) is 7. The third-order valence-corrected chi connectivity index (χ3v) is 16.0. The van der Waals surface area contributed by atoms with Crippen LogP contribution in [0, 0.1) is 6.92 Å². The molecule has 0 spiro atoms. The SMILES string of the molecule is Cc1oc(=O)oc1COC(=O)N1CC[C@H](N2CCC(=CC3=C(C(=O)O)N4C(=O)[C@@H](NC(=O)/C(=N\O)c5nsc(NC6OC(=O)C7=C6CS[C@@H]6[C@H](NC(=O)/C(=N\O)c8nsc(N)n8)C(=O)N76)n5)[C@H]4SC3)C2=O)C1. The van der Waals surface area contributed by atoms with Gasteiger partial charge in [-0.1, -0.05) is 10.3 Å². The van der Waals surface area contributed by atoms with Gasteiger partial charge in [0, 0.05) is 65.4 Å². The number of carbonyl (C=O) groups is 8. The van der Waals surface area contributed by atoms with Gasteiger partial charge in [0.05, 0.1) is 6.04 Å². The molecule has 7 aliphatic rings. The molecular weight excluding hydrogens is 1040 g/mol. The summed E-state index contributed by atoms with van der Waals surface area (Å²) in [5, 5.41) is 41.7. The zero-order valence-corrected chi connectivity index (χ0v) is 39.8. The lowest BCUT2D eigenvalue weighted by Crippen LogP contribution is -2.71. The Morgan fingerprint density at radius 3 is 2.22 bits per heavy atom. The lowest BCUT2D eigenvalue weighted by atomic mass is 10.0. The minimum atomic E-state index is -1.45. The van der Waals surface area contributed by atoms with Gasteiger partial charge >= 0.3 is 23.9 Å². The Morgan fingerprint density at radius 1 is 0.903 bits per heavy atom. The molecule has 0 aromatic carbocycles. The van der Waals surface area contributed by atoms with Gasteiger partial charge in [-0.15, -0.1) is 23.5 Å². The Kier molecular flexibility index (Phi) is 12.4. The van der Waals surface area contributed by atoms with Crippen LogP contribution in [-0.4, -0.2) is 179 Å². The van der Waals surface area contributed by atoms with Gasteiger partial charge in [0.15, 0.2) is 23.3 Å². The number of esters is 1. The minimum absolute atomic E-state index is 0.0131. The maximum atomic E-state index is 13.6. The number of carboxylic acids is 1. The minimum Gasteiger partial charge on any atom is -0.477 e. The molecule has 6 amide bonds. The van der Waals surface area contributed by atoms with Crippen molar-refractivity contribution in [2.75, 3.05) is 42.2 Å². The summed E-state index contributed by atoms with van der Waals surface area (Å²) in [5.41, 5.74) is 4.69. The first-order chi connectivity index (χ1) is 34.5. The number of carboxylic acid groups (broad SMARTS) is 1. The molecule has 376 valence electrons. The van der Waals surface area contributed by atoms with Gasteiger partial charge in [0.2, 0.25) is 40.3 Å². The summed E-state index contributed by atoms with van der Waals surface area (Å²) in [4.78, 5) is 130. The van der Waals surface area contributed by atoms with E-state index < -0.39 is 93.8 Å². The van der Waals surface area contributed by atoms with Crippen LogP contribution in [0.25, 0.3) is 0 Å². The van der Waals surface area contributed by atoms with Crippen LogP contribution in [0.5, 0.6) is 0 Å². The molecule has 0 bridgehead atoms. The van der Waals surface area contributed by atoms with Crippen molar-refractivity contribution >= 4 is 116 Å². The highest BCUT2D eigenvalue weighted by Crippen LogP contribution is 2.45. The Bertz CT molecular complexity index is 3120. The molecule has 0 saturated carbocycles. The monoisotopic (exact) mass is 1070 g/mol. The molecule has 4 fully saturated rings. The second-order valence-corrected chi connectivity index (χ2v) is 20.0. The summed E-state index contributed by atoms with van der Waals surface area (Å²) in [6.07, 6.45) is 0.346. The van der Waals surface area contributed by atoms with Crippen molar-refractivity contribution in [3.05, 3.63) is 68.0 Å². The normalized spacial score (nSPS) is 25.5. The number of nitrogens with one attached hydrogen (secondary N) is 3. The summed E-state index contributed by atoms with van der Waals surface area (Å²) in [6.45, 7) is 1.94. The van der Waals surface area contributed by atoms with E-state index in [1.54, 1.807) is 4.90 Å². The molecule has 34 heteroatoms. The first-order valence-corrected chi connectivity index (χ1v) is 24.8. The predicted octanol–water partition coefficient (Wildman–Crippen LogP) is -1.86. The van der Waals surface area contributed by atoms with E-state index in [0.29, 0.717) is 42.2 Å². The topological polar surface area (TPSA) is 410 Å². The van der Waals surface area contributed by atoms with Crippen molar-refractivity contribution in [3.63, 3.8) is 0 Å².